The Bertz CT molecular complexity index is 1010. The summed E-state index contributed by atoms with van der Waals surface area (Å²) in [6.07, 6.45) is -2.02. The van der Waals surface area contributed by atoms with Gasteiger partial charge in [0.05, 0.1) is 17.7 Å². The van der Waals surface area contributed by atoms with Crippen molar-refractivity contribution in [3.05, 3.63) is 42.4 Å². The molecule has 0 fully saturated rings. The molecule has 2 aromatic heterocycles. The summed E-state index contributed by atoms with van der Waals surface area (Å²) >= 11 is 0. The normalized spacial score (nSPS) is 11.9. The highest BCUT2D eigenvalue weighted by Gasteiger charge is 2.37. The molecule has 2 rings (SSSR count). The van der Waals surface area contributed by atoms with Gasteiger partial charge in [0.1, 0.15) is 11.4 Å². The molecule has 1 unspecified atom stereocenters. The van der Waals surface area contributed by atoms with Crippen molar-refractivity contribution in [2.75, 3.05) is 28.9 Å². The second-order valence-electron chi connectivity index (χ2n) is 5.96. The lowest BCUT2D eigenvalue weighted by Crippen LogP contribution is -2.27. The quantitative estimate of drug-likeness (QED) is 0.460. The van der Waals surface area contributed by atoms with Gasteiger partial charge in [0.15, 0.2) is 16.8 Å². The van der Waals surface area contributed by atoms with E-state index in [9.17, 15) is 17.4 Å². The van der Waals surface area contributed by atoms with Gasteiger partial charge in [0.25, 0.3) is 0 Å². The third-order valence-electron chi connectivity index (χ3n) is 4.00. The van der Waals surface area contributed by atoms with E-state index in [1.165, 1.54) is 24.3 Å². The molecular weight excluding hydrogens is 435 g/mol. The third kappa shape index (κ3) is 5.17. The maximum absolute atomic E-state index is 12.9. The predicted molar refractivity (Wildman–Crippen MR) is 115 cm³/mol. The van der Waals surface area contributed by atoms with Crippen LogP contribution in [0.5, 0.6) is 5.88 Å². The van der Waals surface area contributed by atoms with Gasteiger partial charge < -0.3 is 4.74 Å². The topological polar surface area (TPSA) is 95.3 Å². The molecular formula is C18H20F3N7O2S. The summed E-state index contributed by atoms with van der Waals surface area (Å²) in [7, 11) is 1.18. The van der Waals surface area contributed by atoms with Crippen LogP contribution in [0.25, 0.3) is 0 Å². The number of alkyl halides is 3. The summed E-state index contributed by atoms with van der Waals surface area (Å²) in [5, 5.41) is 9.04. The van der Waals surface area contributed by atoms with Gasteiger partial charge in [-0.3, -0.25) is 9.73 Å². The van der Waals surface area contributed by atoms with Gasteiger partial charge in [-0.1, -0.05) is 6.58 Å². The first kappa shape index (κ1) is 23.8. The molecule has 166 valence electrons. The number of pyridine rings is 2. The lowest BCUT2D eigenvalue weighted by Gasteiger charge is -2.22. The van der Waals surface area contributed by atoms with E-state index in [2.05, 4.69) is 44.9 Å². The molecule has 9 nitrogen and oxygen atoms in total. The van der Waals surface area contributed by atoms with Gasteiger partial charge in [-0.2, -0.15) is 23.4 Å². The van der Waals surface area contributed by atoms with Crippen molar-refractivity contribution in [3.8, 4) is 5.88 Å². The first-order valence-electron chi connectivity index (χ1n) is 8.46. The smallest absolute Gasteiger partial charge is 0.432 e. The van der Waals surface area contributed by atoms with Gasteiger partial charge in [0.2, 0.25) is 5.88 Å². The van der Waals surface area contributed by atoms with E-state index >= 15 is 0 Å². The van der Waals surface area contributed by atoms with Crippen LogP contribution in [0.2, 0.25) is 0 Å². The lowest BCUT2D eigenvalue weighted by atomic mass is 10.2. The van der Waals surface area contributed by atoms with Crippen molar-refractivity contribution in [1.29, 1.82) is 0 Å². The van der Waals surface area contributed by atoms with Crippen molar-refractivity contribution in [2.24, 2.45) is 10.2 Å². The minimum absolute atomic E-state index is 0.164. The third-order valence-corrected chi connectivity index (χ3v) is 5.06. The average Bonchev–Trinajstić information content (AvgIpc) is 2.73. The summed E-state index contributed by atoms with van der Waals surface area (Å²) in [5.41, 5.74) is 0.271. The molecule has 2 heterocycles. The summed E-state index contributed by atoms with van der Waals surface area (Å²) in [4.78, 5) is 8.21. The van der Waals surface area contributed by atoms with Gasteiger partial charge in [0, 0.05) is 32.9 Å². The Kier molecular flexibility index (Phi) is 7.33. The zero-order valence-electron chi connectivity index (χ0n) is 17.0. The number of nitrogens with zero attached hydrogens (tertiary/aromatic N) is 6. The lowest BCUT2D eigenvalue weighted by molar-refractivity contribution is -0.0930. The van der Waals surface area contributed by atoms with Crippen LogP contribution in [-0.2, 0) is 11.0 Å². The highest BCUT2D eigenvalue weighted by Crippen LogP contribution is 2.37. The number of aryl methyl sites for hydroxylation is 1. The largest absolute Gasteiger partial charge is 0.479 e. The Hall–Kier alpha value is -3.48. The second kappa shape index (κ2) is 9.55. The molecule has 0 spiro atoms. The van der Waals surface area contributed by atoms with Crippen LogP contribution in [0, 0.1) is 6.92 Å². The summed E-state index contributed by atoms with van der Waals surface area (Å²) < 4.78 is 59.6. The first-order valence-corrected chi connectivity index (χ1v) is 9.61. The molecule has 0 aliphatic heterocycles. The monoisotopic (exact) mass is 455 g/mol. The Balaban J connectivity index is 2.36. The number of anilines is 3. The van der Waals surface area contributed by atoms with Crippen LogP contribution in [-0.4, -0.2) is 47.9 Å². The van der Waals surface area contributed by atoms with E-state index in [0.717, 1.165) is 6.20 Å². The van der Waals surface area contributed by atoms with Crippen LogP contribution in [0.3, 0.4) is 0 Å². The highest BCUT2D eigenvalue weighted by atomic mass is 32.2. The highest BCUT2D eigenvalue weighted by molar-refractivity contribution is 7.86. The number of aromatic nitrogens is 2. The Morgan fingerprint density at radius 1 is 1.23 bits per heavy atom. The number of ether oxygens (including phenoxy) is 1. The minimum atomic E-state index is -4.72. The van der Waals surface area contributed by atoms with Crippen LogP contribution in [0.1, 0.15) is 5.56 Å². The number of rotatable bonds is 9. The van der Waals surface area contributed by atoms with E-state index in [0.29, 0.717) is 21.9 Å². The Morgan fingerprint density at radius 3 is 2.39 bits per heavy atom. The fourth-order valence-electron chi connectivity index (χ4n) is 2.49. The van der Waals surface area contributed by atoms with Crippen LogP contribution >= 0.6 is 0 Å². The van der Waals surface area contributed by atoms with Crippen molar-refractivity contribution in [2.45, 2.75) is 18.0 Å². The summed E-state index contributed by atoms with van der Waals surface area (Å²) in [6, 6.07) is 2.54. The Morgan fingerprint density at radius 2 is 1.90 bits per heavy atom. The zero-order valence-corrected chi connectivity index (χ0v) is 17.8. The maximum Gasteiger partial charge on any atom is 0.432 e. The first-order chi connectivity index (χ1) is 14.5. The molecule has 1 atom stereocenters. The molecule has 2 aromatic rings. The number of methoxy groups -OCH3 is 1. The van der Waals surface area contributed by atoms with Gasteiger partial charge in [-0.15, -0.1) is 0 Å². The Labute approximate surface area is 179 Å². The molecule has 31 heavy (non-hydrogen) atoms. The number of hydrazone groups is 2. The summed E-state index contributed by atoms with van der Waals surface area (Å²) in [5.74, 6) is -0.0262. The fraction of sp³-hybridized carbons (Fsp3) is 0.222. The predicted octanol–water partition coefficient (Wildman–Crippen LogP) is 3.48. The number of hydrogen-bond donors (Lipinski definition) is 1. The summed E-state index contributed by atoms with van der Waals surface area (Å²) in [6.45, 7) is 11.3. The van der Waals surface area contributed by atoms with Crippen LogP contribution in [0.15, 0.2) is 51.9 Å². The van der Waals surface area contributed by atoms with Crippen LogP contribution in [0.4, 0.5) is 30.4 Å². The zero-order chi connectivity index (χ0) is 23.3. The second-order valence-corrected chi connectivity index (χ2v) is 7.17. The molecule has 0 aliphatic carbocycles. The SMILES string of the molecule is C=NN(C)c1c(C)cnc(OC)c1NS(=O)c1ccc(N(N=C)C(=C)C(F)(F)F)nc1. The van der Waals surface area contributed by atoms with Crippen molar-refractivity contribution < 1.29 is 22.1 Å². The molecule has 0 bridgehead atoms. The van der Waals surface area contributed by atoms with E-state index in [-0.39, 0.29) is 16.6 Å². The van der Waals surface area contributed by atoms with Gasteiger partial charge in [-0.05, 0) is 24.6 Å². The number of allylic oxidation sites excluding steroid dienone is 1. The maximum atomic E-state index is 12.9. The number of nitrogens with one attached hydrogen (secondary N) is 1. The fourth-order valence-corrected chi connectivity index (χ4v) is 3.32. The van der Waals surface area contributed by atoms with Gasteiger partial charge >= 0.3 is 6.18 Å². The number of hydrogen-bond acceptors (Lipinski definition) is 8. The van der Waals surface area contributed by atoms with Crippen molar-refractivity contribution in [1.82, 2.24) is 9.97 Å². The molecule has 0 saturated heterocycles. The molecule has 0 aromatic carbocycles. The van der Waals surface area contributed by atoms with Gasteiger partial charge in [-0.25, -0.2) is 19.2 Å². The molecule has 0 amide bonds. The van der Waals surface area contributed by atoms with E-state index < -0.39 is 22.9 Å². The average molecular weight is 455 g/mol. The molecule has 0 radical (unpaired) electrons. The molecule has 13 heteroatoms. The van der Waals surface area contributed by atoms with Crippen LogP contribution < -0.4 is 19.5 Å². The number of halogens is 3. The molecule has 0 saturated carbocycles. The minimum Gasteiger partial charge on any atom is -0.479 e. The standard InChI is InChI=1S/C18H20F3N7O2S/c1-11-9-25-17(30-6)15(16(11)27(5)22-3)26-31(29)13-7-8-14(24-10-13)28(23-4)12(2)18(19,20)21/h7-10,26H,2-4H2,1,5-6H3. The van der Waals surface area contributed by atoms with E-state index in [1.807, 2.05) is 0 Å². The van der Waals surface area contributed by atoms with E-state index in [4.69, 9.17) is 4.74 Å². The molecule has 0 aliphatic rings. The van der Waals surface area contributed by atoms with Crippen molar-refractivity contribution in [3.63, 3.8) is 0 Å². The van der Waals surface area contributed by atoms with Crippen molar-refractivity contribution >= 4 is 41.6 Å². The van der Waals surface area contributed by atoms with E-state index in [1.54, 1.807) is 20.2 Å². The molecule has 1 N–H and O–H groups in total.